The van der Waals surface area contributed by atoms with Gasteiger partial charge in [-0.1, -0.05) is 18.2 Å². The Morgan fingerprint density at radius 3 is 2.33 bits per heavy atom. The van der Waals surface area contributed by atoms with Crippen molar-refractivity contribution in [2.24, 2.45) is 10.2 Å². The lowest BCUT2D eigenvalue weighted by molar-refractivity contribution is -0.114. The van der Waals surface area contributed by atoms with Gasteiger partial charge < -0.3 is 10.2 Å². The van der Waals surface area contributed by atoms with Crippen LogP contribution in [0.25, 0.3) is 11.3 Å². The third kappa shape index (κ3) is 6.71. The summed E-state index contributed by atoms with van der Waals surface area (Å²) in [6, 6.07) is 22.9. The maximum absolute atomic E-state index is 11.7. The van der Waals surface area contributed by atoms with E-state index < -0.39 is 0 Å². The van der Waals surface area contributed by atoms with Crippen LogP contribution in [0.2, 0.25) is 0 Å². The lowest BCUT2D eigenvalue weighted by Crippen LogP contribution is -2.25. The molecular weight excluding hydrogens is 414 g/mol. The molecule has 164 valence electrons. The van der Waals surface area contributed by atoms with E-state index in [0.717, 1.165) is 16.9 Å². The second kappa shape index (κ2) is 11.7. The van der Waals surface area contributed by atoms with E-state index in [-0.39, 0.29) is 5.91 Å². The lowest BCUT2D eigenvalue weighted by atomic mass is 10.1. The van der Waals surface area contributed by atoms with Gasteiger partial charge in [-0.25, -0.2) is 0 Å². The Morgan fingerprint density at radius 2 is 1.73 bits per heavy atom. The molecule has 0 atom stereocenters. The summed E-state index contributed by atoms with van der Waals surface area (Å²) in [4.78, 5) is 18.0. The van der Waals surface area contributed by atoms with Gasteiger partial charge in [-0.05, 0) is 42.5 Å². The molecule has 0 radical (unpaired) electrons. The van der Waals surface area contributed by atoms with Crippen LogP contribution in [0.3, 0.4) is 0 Å². The van der Waals surface area contributed by atoms with Crippen LogP contribution in [0.4, 0.5) is 22.7 Å². The minimum atomic E-state index is -0.232. The van der Waals surface area contributed by atoms with Crippen LogP contribution < -0.4 is 10.2 Å². The standard InChI is InChI=1S/C25H23N7O/c1-19(33)29-25-18-22(32(16-4-13-26)17-5-14-27)11-12-24(25)31-30-21-9-7-20(8-10-21)23-6-2-3-15-28-23/h2-3,6-12,15,18H,4-5,16-17H2,1H3,(H,29,33). The zero-order chi connectivity index (χ0) is 23.5. The number of carbonyl (C=O) groups excluding carboxylic acids is 1. The minimum absolute atomic E-state index is 0.232. The van der Waals surface area contributed by atoms with Crippen molar-refractivity contribution in [1.29, 1.82) is 10.5 Å². The summed E-state index contributed by atoms with van der Waals surface area (Å²) >= 11 is 0. The van der Waals surface area contributed by atoms with Gasteiger partial charge in [-0.15, -0.1) is 5.11 Å². The highest BCUT2D eigenvalue weighted by atomic mass is 16.1. The fourth-order valence-electron chi connectivity index (χ4n) is 3.18. The van der Waals surface area contributed by atoms with Gasteiger partial charge in [0, 0.05) is 37.5 Å². The molecule has 3 aromatic rings. The fraction of sp³-hybridized carbons (Fsp3) is 0.200. The van der Waals surface area contributed by atoms with E-state index in [1.165, 1.54) is 6.92 Å². The normalized spacial score (nSPS) is 10.4. The van der Waals surface area contributed by atoms with E-state index in [0.29, 0.717) is 43.0 Å². The number of aromatic nitrogens is 1. The number of benzene rings is 2. The molecule has 8 nitrogen and oxygen atoms in total. The number of carbonyl (C=O) groups is 1. The van der Waals surface area contributed by atoms with Crippen LogP contribution in [0.15, 0.2) is 77.1 Å². The molecule has 8 heteroatoms. The number of hydrogen-bond acceptors (Lipinski definition) is 7. The van der Waals surface area contributed by atoms with Gasteiger partial charge in [0.25, 0.3) is 0 Å². The molecular formula is C25H23N7O. The highest BCUT2D eigenvalue weighted by molar-refractivity contribution is 5.93. The Kier molecular flexibility index (Phi) is 8.21. The maximum Gasteiger partial charge on any atom is 0.221 e. The first-order chi connectivity index (χ1) is 16.1. The van der Waals surface area contributed by atoms with Gasteiger partial charge in [0.05, 0.1) is 42.0 Å². The Morgan fingerprint density at radius 1 is 1.00 bits per heavy atom. The third-order valence-electron chi connectivity index (χ3n) is 4.74. The number of hydrogen-bond donors (Lipinski definition) is 1. The van der Waals surface area contributed by atoms with E-state index in [1.54, 1.807) is 18.3 Å². The zero-order valence-electron chi connectivity index (χ0n) is 18.3. The zero-order valence-corrected chi connectivity index (χ0v) is 18.3. The Hall–Kier alpha value is -4.56. The van der Waals surface area contributed by atoms with Gasteiger partial charge in [0.15, 0.2) is 0 Å². The summed E-state index contributed by atoms with van der Waals surface area (Å²) in [6.45, 7) is 2.40. The van der Waals surface area contributed by atoms with Crippen molar-refractivity contribution in [2.75, 3.05) is 23.3 Å². The molecule has 1 heterocycles. The van der Waals surface area contributed by atoms with E-state index in [2.05, 4.69) is 32.7 Å². The number of rotatable bonds is 9. The second-order valence-corrected chi connectivity index (χ2v) is 7.15. The first-order valence-electron chi connectivity index (χ1n) is 10.4. The number of nitrogens with zero attached hydrogens (tertiary/aromatic N) is 6. The molecule has 0 aliphatic heterocycles. The summed E-state index contributed by atoms with van der Waals surface area (Å²) in [5, 5.41) is 29.3. The van der Waals surface area contributed by atoms with Crippen LogP contribution in [0, 0.1) is 22.7 Å². The lowest BCUT2D eigenvalue weighted by Gasteiger charge is -2.23. The van der Waals surface area contributed by atoms with Crippen molar-refractivity contribution in [3.8, 4) is 23.4 Å². The molecule has 2 aromatic carbocycles. The highest BCUT2D eigenvalue weighted by Crippen LogP contribution is 2.32. The Balaban J connectivity index is 1.84. The number of nitriles is 2. The molecule has 0 saturated carbocycles. The molecule has 1 aromatic heterocycles. The quantitative estimate of drug-likeness (QED) is 0.427. The molecule has 1 amide bonds. The third-order valence-corrected chi connectivity index (χ3v) is 4.74. The van der Waals surface area contributed by atoms with E-state index >= 15 is 0 Å². The topological polar surface area (TPSA) is 118 Å². The number of pyridine rings is 1. The molecule has 0 unspecified atom stereocenters. The molecule has 1 N–H and O–H groups in total. The van der Waals surface area contributed by atoms with E-state index in [9.17, 15) is 4.79 Å². The summed E-state index contributed by atoms with van der Waals surface area (Å²) in [6.07, 6.45) is 2.41. The molecule has 3 rings (SSSR count). The summed E-state index contributed by atoms with van der Waals surface area (Å²) in [7, 11) is 0. The first kappa shape index (κ1) is 23.1. The number of azo groups is 1. The second-order valence-electron chi connectivity index (χ2n) is 7.15. The van der Waals surface area contributed by atoms with Crippen molar-refractivity contribution >= 4 is 28.7 Å². The average Bonchev–Trinajstić information content (AvgIpc) is 2.84. The molecule has 0 aliphatic carbocycles. The molecule has 0 saturated heterocycles. The number of amides is 1. The van der Waals surface area contributed by atoms with Gasteiger partial charge in [0.1, 0.15) is 5.69 Å². The number of anilines is 2. The summed E-state index contributed by atoms with van der Waals surface area (Å²) in [5.41, 5.74) is 4.32. The van der Waals surface area contributed by atoms with Crippen LogP contribution in [-0.4, -0.2) is 24.0 Å². The Bertz CT molecular complexity index is 1170. The van der Waals surface area contributed by atoms with Crippen LogP contribution in [0.1, 0.15) is 19.8 Å². The smallest absolute Gasteiger partial charge is 0.221 e. The minimum Gasteiger partial charge on any atom is -0.369 e. The van der Waals surface area contributed by atoms with E-state index in [1.807, 2.05) is 53.4 Å². The predicted octanol–water partition coefficient (Wildman–Crippen LogP) is 5.76. The number of nitrogens with one attached hydrogen (secondary N) is 1. The molecule has 33 heavy (non-hydrogen) atoms. The van der Waals surface area contributed by atoms with Gasteiger partial charge in [0.2, 0.25) is 5.91 Å². The first-order valence-corrected chi connectivity index (χ1v) is 10.4. The molecule has 0 spiro atoms. The van der Waals surface area contributed by atoms with Gasteiger partial charge in [-0.2, -0.15) is 15.6 Å². The fourth-order valence-corrected chi connectivity index (χ4v) is 3.18. The van der Waals surface area contributed by atoms with Crippen LogP contribution in [-0.2, 0) is 4.79 Å². The van der Waals surface area contributed by atoms with E-state index in [4.69, 9.17) is 10.5 Å². The molecule has 0 fully saturated rings. The van der Waals surface area contributed by atoms with Crippen molar-refractivity contribution in [3.05, 3.63) is 66.9 Å². The Labute approximate surface area is 192 Å². The summed E-state index contributed by atoms with van der Waals surface area (Å²) < 4.78 is 0. The predicted molar refractivity (Wildman–Crippen MR) is 127 cm³/mol. The molecule has 0 aliphatic rings. The molecule has 0 bridgehead atoms. The van der Waals surface area contributed by atoms with Gasteiger partial charge >= 0.3 is 0 Å². The monoisotopic (exact) mass is 437 g/mol. The van der Waals surface area contributed by atoms with Crippen molar-refractivity contribution in [3.63, 3.8) is 0 Å². The summed E-state index contributed by atoms with van der Waals surface area (Å²) in [5.74, 6) is -0.232. The SMILES string of the molecule is CC(=O)Nc1cc(N(CCC#N)CCC#N)ccc1N=Nc1ccc(-c2ccccn2)cc1. The van der Waals surface area contributed by atoms with Crippen LogP contribution >= 0.6 is 0 Å². The highest BCUT2D eigenvalue weighted by Gasteiger charge is 2.11. The van der Waals surface area contributed by atoms with Crippen LogP contribution in [0.5, 0.6) is 0 Å². The van der Waals surface area contributed by atoms with Crippen molar-refractivity contribution in [2.45, 2.75) is 19.8 Å². The van der Waals surface area contributed by atoms with Crippen molar-refractivity contribution < 1.29 is 4.79 Å². The average molecular weight is 438 g/mol. The van der Waals surface area contributed by atoms with Crippen molar-refractivity contribution in [1.82, 2.24) is 4.98 Å². The van der Waals surface area contributed by atoms with Gasteiger partial charge in [-0.3, -0.25) is 9.78 Å². The largest absolute Gasteiger partial charge is 0.369 e. The maximum atomic E-state index is 11.7.